The van der Waals surface area contributed by atoms with Crippen molar-refractivity contribution in [2.75, 3.05) is 13.1 Å². The molecule has 4 rings (SSSR count). The number of carbonyl (C=O) groups is 1. The molecule has 0 N–H and O–H groups in total. The van der Waals surface area contributed by atoms with Crippen molar-refractivity contribution in [3.8, 4) is 0 Å². The predicted octanol–water partition coefficient (Wildman–Crippen LogP) is 2.14. The van der Waals surface area contributed by atoms with Gasteiger partial charge >= 0.3 is 0 Å². The van der Waals surface area contributed by atoms with Crippen molar-refractivity contribution in [2.45, 2.75) is 55.9 Å². The predicted molar refractivity (Wildman–Crippen MR) is 91.7 cm³/mol. The molecular formula is C18H24N2O3S. The van der Waals surface area contributed by atoms with E-state index in [4.69, 9.17) is 0 Å². The smallest absolute Gasteiger partial charge is 0.223 e. The first-order valence-corrected chi connectivity index (χ1v) is 10.3. The minimum Gasteiger partial charge on any atom is -0.333 e. The summed E-state index contributed by atoms with van der Waals surface area (Å²) in [6.45, 7) is 1.74. The van der Waals surface area contributed by atoms with E-state index in [1.165, 1.54) is 0 Å². The SMILES string of the molecule is O=C1CCC2(CCN(S(=O)(=O)C3CC3)CC2)N1Cc1ccccc1. The lowest BCUT2D eigenvalue weighted by Crippen LogP contribution is -2.54. The zero-order chi connectivity index (χ0) is 16.8. The van der Waals surface area contributed by atoms with Gasteiger partial charge in [0.1, 0.15) is 0 Å². The van der Waals surface area contributed by atoms with Gasteiger partial charge in [-0.15, -0.1) is 0 Å². The molecule has 1 aromatic carbocycles. The lowest BCUT2D eigenvalue weighted by molar-refractivity contribution is -0.133. The van der Waals surface area contributed by atoms with Gasteiger partial charge in [0, 0.05) is 31.6 Å². The number of carbonyl (C=O) groups excluding carboxylic acids is 1. The highest BCUT2D eigenvalue weighted by Gasteiger charge is 2.49. The van der Waals surface area contributed by atoms with Gasteiger partial charge in [0.05, 0.1) is 5.25 Å². The van der Waals surface area contributed by atoms with Crippen molar-refractivity contribution in [2.24, 2.45) is 0 Å². The molecule has 1 aliphatic carbocycles. The maximum Gasteiger partial charge on any atom is 0.223 e. The van der Waals surface area contributed by atoms with Crippen LogP contribution in [0.2, 0.25) is 0 Å². The lowest BCUT2D eigenvalue weighted by atomic mass is 9.85. The third kappa shape index (κ3) is 2.75. The molecule has 3 fully saturated rings. The Balaban J connectivity index is 1.49. The normalized spacial score (nSPS) is 24.7. The second-order valence-electron chi connectivity index (χ2n) is 7.33. The van der Waals surface area contributed by atoms with Crippen LogP contribution in [0.3, 0.4) is 0 Å². The highest BCUT2D eigenvalue weighted by Crippen LogP contribution is 2.42. The fourth-order valence-electron chi connectivity index (χ4n) is 4.15. The van der Waals surface area contributed by atoms with Crippen molar-refractivity contribution >= 4 is 15.9 Å². The van der Waals surface area contributed by atoms with Crippen LogP contribution in [-0.4, -0.2) is 47.4 Å². The first-order valence-electron chi connectivity index (χ1n) is 8.85. The number of benzene rings is 1. The van der Waals surface area contributed by atoms with Gasteiger partial charge in [0.15, 0.2) is 0 Å². The number of piperidine rings is 1. The standard InChI is InChI=1S/C18H24N2O3S/c21-17-8-9-18(20(17)14-15-4-2-1-3-5-15)10-12-19(13-11-18)24(22,23)16-6-7-16/h1-5,16H,6-14H2. The van der Waals surface area contributed by atoms with Crippen molar-refractivity contribution in [1.29, 1.82) is 0 Å². The van der Waals surface area contributed by atoms with Gasteiger partial charge in [0.2, 0.25) is 15.9 Å². The van der Waals surface area contributed by atoms with Crippen LogP contribution in [0.15, 0.2) is 30.3 Å². The number of hydrogen-bond acceptors (Lipinski definition) is 3. The fourth-order valence-corrected chi connectivity index (χ4v) is 5.99. The third-order valence-electron chi connectivity index (χ3n) is 5.82. The zero-order valence-electron chi connectivity index (χ0n) is 13.9. The summed E-state index contributed by atoms with van der Waals surface area (Å²) >= 11 is 0. The maximum absolute atomic E-state index is 12.4. The van der Waals surface area contributed by atoms with Crippen molar-refractivity contribution in [3.05, 3.63) is 35.9 Å². The molecule has 0 unspecified atom stereocenters. The van der Waals surface area contributed by atoms with E-state index in [0.29, 0.717) is 26.1 Å². The van der Waals surface area contributed by atoms with E-state index < -0.39 is 10.0 Å². The quantitative estimate of drug-likeness (QED) is 0.838. The molecule has 6 heteroatoms. The van der Waals surface area contributed by atoms with Gasteiger partial charge in [0.25, 0.3) is 0 Å². The molecule has 1 saturated carbocycles. The van der Waals surface area contributed by atoms with E-state index in [-0.39, 0.29) is 16.7 Å². The van der Waals surface area contributed by atoms with Crippen molar-refractivity contribution in [1.82, 2.24) is 9.21 Å². The van der Waals surface area contributed by atoms with Gasteiger partial charge in [-0.25, -0.2) is 12.7 Å². The van der Waals surface area contributed by atoms with E-state index >= 15 is 0 Å². The van der Waals surface area contributed by atoms with Gasteiger partial charge in [-0.05, 0) is 37.7 Å². The molecule has 5 nitrogen and oxygen atoms in total. The molecule has 3 aliphatic rings. The molecule has 0 aromatic heterocycles. The zero-order valence-corrected chi connectivity index (χ0v) is 14.7. The topological polar surface area (TPSA) is 57.7 Å². The van der Waals surface area contributed by atoms with E-state index in [1.807, 2.05) is 35.2 Å². The minimum absolute atomic E-state index is 0.141. The Morgan fingerprint density at radius 2 is 1.71 bits per heavy atom. The first-order chi connectivity index (χ1) is 11.5. The van der Waals surface area contributed by atoms with Crippen LogP contribution in [0, 0.1) is 0 Å². The molecule has 0 bridgehead atoms. The molecule has 1 aromatic rings. The second kappa shape index (κ2) is 5.85. The Kier molecular flexibility index (Phi) is 3.92. The van der Waals surface area contributed by atoms with Crippen LogP contribution in [-0.2, 0) is 21.4 Å². The number of likely N-dealkylation sites (tertiary alicyclic amines) is 1. The number of rotatable bonds is 4. The molecule has 1 amide bonds. The largest absolute Gasteiger partial charge is 0.333 e. The summed E-state index contributed by atoms with van der Waals surface area (Å²) in [5, 5.41) is -0.141. The summed E-state index contributed by atoms with van der Waals surface area (Å²) in [7, 11) is -3.10. The van der Waals surface area contributed by atoms with Crippen molar-refractivity contribution < 1.29 is 13.2 Å². The summed E-state index contributed by atoms with van der Waals surface area (Å²) in [6, 6.07) is 10.1. The maximum atomic E-state index is 12.4. The van der Waals surface area contributed by atoms with Crippen molar-refractivity contribution in [3.63, 3.8) is 0 Å². The van der Waals surface area contributed by atoms with Crippen LogP contribution >= 0.6 is 0 Å². The molecule has 2 saturated heterocycles. The molecule has 24 heavy (non-hydrogen) atoms. The Morgan fingerprint density at radius 3 is 2.33 bits per heavy atom. The molecule has 2 aliphatic heterocycles. The highest BCUT2D eigenvalue weighted by molar-refractivity contribution is 7.90. The van der Waals surface area contributed by atoms with E-state index in [9.17, 15) is 13.2 Å². The number of amides is 1. The number of hydrogen-bond donors (Lipinski definition) is 0. The summed E-state index contributed by atoms with van der Waals surface area (Å²) in [4.78, 5) is 14.5. The van der Waals surface area contributed by atoms with Gasteiger partial charge in [-0.1, -0.05) is 30.3 Å². The van der Waals surface area contributed by atoms with Crippen LogP contribution in [0.25, 0.3) is 0 Å². The van der Waals surface area contributed by atoms with Crippen LogP contribution in [0.4, 0.5) is 0 Å². The summed E-state index contributed by atoms with van der Waals surface area (Å²) in [6.07, 6.45) is 4.58. The third-order valence-corrected chi connectivity index (χ3v) is 8.22. The average molecular weight is 348 g/mol. The molecule has 0 atom stereocenters. The number of nitrogens with zero attached hydrogens (tertiary/aromatic N) is 2. The molecule has 2 heterocycles. The average Bonchev–Trinajstić information content (AvgIpc) is 3.41. The van der Waals surface area contributed by atoms with Crippen LogP contribution in [0.5, 0.6) is 0 Å². The lowest BCUT2D eigenvalue weighted by Gasteiger charge is -2.44. The van der Waals surface area contributed by atoms with E-state index in [0.717, 1.165) is 37.7 Å². The van der Waals surface area contributed by atoms with Gasteiger partial charge in [-0.2, -0.15) is 0 Å². The highest BCUT2D eigenvalue weighted by atomic mass is 32.2. The Labute approximate surface area is 143 Å². The van der Waals surface area contributed by atoms with E-state index in [2.05, 4.69) is 0 Å². The van der Waals surface area contributed by atoms with Crippen LogP contribution < -0.4 is 0 Å². The molecule has 130 valence electrons. The summed E-state index contributed by atoms with van der Waals surface area (Å²) in [5.74, 6) is 0.206. The molecular weight excluding hydrogens is 324 g/mol. The monoisotopic (exact) mass is 348 g/mol. The Hall–Kier alpha value is -1.40. The number of sulfonamides is 1. The second-order valence-corrected chi connectivity index (χ2v) is 9.55. The van der Waals surface area contributed by atoms with Crippen LogP contribution in [0.1, 0.15) is 44.1 Å². The minimum atomic E-state index is -3.10. The molecule has 0 radical (unpaired) electrons. The Morgan fingerprint density at radius 1 is 1.04 bits per heavy atom. The summed E-state index contributed by atoms with van der Waals surface area (Å²) in [5.41, 5.74) is 0.989. The van der Waals surface area contributed by atoms with Gasteiger partial charge < -0.3 is 4.90 Å². The van der Waals surface area contributed by atoms with E-state index in [1.54, 1.807) is 4.31 Å². The Bertz CT molecular complexity index is 720. The fraction of sp³-hybridized carbons (Fsp3) is 0.611. The summed E-state index contributed by atoms with van der Waals surface area (Å²) < 4.78 is 26.5. The molecule has 1 spiro atoms. The first kappa shape index (κ1) is 16.1. The van der Waals surface area contributed by atoms with Gasteiger partial charge in [-0.3, -0.25) is 4.79 Å².